The van der Waals surface area contributed by atoms with Gasteiger partial charge >= 0.3 is 5.97 Å². The fourth-order valence-corrected chi connectivity index (χ4v) is 1.71. The molecule has 0 heterocycles. The summed E-state index contributed by atoms with van der Waals surface area (Å²) >= 11 is 3.77. The largest absolute Gasteiger partial charge is 0.480 e. The highest BCUT2D eigenvalue weighted by Gasteiger charge is 2.20. The van der Waals surface area contributed by atoms with Crippen LogP contribution in [0.25, 0.3) is 0 Å². The lowest BCUT2D eigenvalue weighted by Crippen LogP contribution is -2.52. The lowest BCUT2D eigenvalue weighted by atomic mass is 10.2. The zero-order valence-electron chi connectivity index (χ0n) is 14.0. The van der Waals surface area contributed by atoms with Gasteiger partial charge < -0.3 is 37.2 Å². The van der Waals surface area contributed by atoms with Gasteiger partial charge in [0.2, 0.25) is 23.6 Å². The Labute approximate surface area is 154 Å². The van der Waals surface area contributed by atoms with E-state index < -0.39 is 67.4 Å². The maximum absolute atomic E-state index is 11.7. The number of carbonyl (C=O) groups is 5. The topological polar surface area (TPSA) is 200 Å². The molecule has 148 valence electrons. The molecule has 4 amide bonds. The molecule has 0 saturated carbocycles. The fraction of sp³-hybridized carbons (Fsp3) is 0.615. The van der Waals surface area contributed by atoms with Crippen molar-refractivity contribution in [2.75, 3.05) is 25.4 Å². The molecule has 8 N–H and O–H groups in total. The molecule has 0 fully saturated rings. The van der Waals surface area contributed by atoms with E-state index in [1.165, 1.54) is 6.92 Å². The van der Waals surface area contributed by atoms with Gasteiger partial charge in [-0.25, -0.2) is 4.79 Å². The summed E-state index contributed by atoms with van der Waals surface area (Å²) in [6.45, 7) is -0.177. The Balaban J connectivity index is 4.18. The zero-order valence-corrected chi connectivity index (χ0v) is 14.9. The van der Waals surface area contributed by atoms with E-state index in [4.69, 9.17) is 15.9 Å². The van der Waals surface area contributed by atoms with E-state index in [1.807, 2.05) is 0 Å². The van der Waals surface area contributed by atoms with Crippen LogP contribution in [0.5, 0.6) is 0 Å². The zero-order chi connectivity index (χ0) is 20.3. The fourth-order valence-electron chi connectivity index (χ4n) is 1.46. The van der Waals surface area contributed by atoms with Crippen LogP contribution >= 0.6 is 12.6 Å². The standard InChI is InChI=1S/C13H23N5O7S/c1-6(17-12(23)7(14)4-19)11(22)16-2-9(20)15-3-10(21)18-8(5-26)13(24)25/h6-8,19,26H,2-5,14H2,1H3,(H,15,20)(H,16,22)(H,17,23)(H,18,21)(H,24,25)/t6-,7-,8-/m0/s1. The number of nitrogens with one attached hydrogen (secondary N) is 4. The van der Waals surface area contributed by atoms with Crippen molar-refractivity contribution in [2.45, 2.75) is 25.0 Å². The van der Waals surface area contributed by atoms with Crippen molar-refractivity contribution >= 4 is 42.2 Å². The maximum atomic E-state index is 11.7. The summed E-state index contributed by atoms with van der Waals surface area (Å²) in [5.41, 5.74) is 5.28. The van der Waals surface area contributed by atoms with E-state index in [-0.39, 0.29) is 5.75 Å². The molecule has 13 heteroatoms. The van der Waals surface area contributed by atoms with Crippen molar-refractivity contribution in [3.05, 3.63) is 0 Å². The minimum atomic E-state index is -1.26. The number of carboxylic acid groups (broad SMARTS) is 1. The average Bonchev–Trinajstić information content (AvgIpc) is 2.60. The summed E-state index contributed by atoms with van der Waals surface area (Å²) in [5.74, 6) is -4.21. The third kappa shape index (κ3) is 9.19. The molecule has 0 rings (SSSR count). The second kappa shape index (κ2) is 12.1. The molecule has 0 aliphatic rings. The van der Waals surface area contributed by atoms with Crippen LogP contribution in [0.15, 0.2) is 0 Å². The van der Waals surface area contributed by atoms with Gasteiger partial charge in [0.15, 0.2) is 0 Å². The summed E-state index contributed by atoms with van der Waals surface area (Å²) in [7, 11) is 0. The van der Waals surface area contributed by atoms with Crippen molar-refractivity contribution < 1.29 is 34.2 Å². The molecule has 0 unspecified atom stereocenters. The summed E-state index contributed by atoms with van der Waals surface area (Å²) < 4.78 is 0. The molecule has 3 atom stereocenters. The van der Waals surface area contributed by atoms with Crippen molar-refractivity contribution in [3.8, 4) is 0 Å². The number of hydrogen-bond donors (Lipinski definition) is 8. The number of nitrogens with two attached hydrogens (primary N) is 1. The van der Waals surface area contributed by atoms with Crippen molar-refractivity contribution in [2.24, 2.45) is 5.73 Å². The number of aliphatic carboxylic acids is 1. The van der Waals surface area contributed by atoms with Crippen LogP contribution in [0.4, 0.5) is 0 Å². The van der Waals surface area contributed by atoms with Gasteiger partial charge in [-0.3, -0.25) is 19.2 Å². The van der Waals surface area contributed by atoms with Crippen LogP contribution in [0, 0.1) is 0 Å². The molecule has 0 aromatic carbocycles. The molecule has 0 aromatic heterocycles. The van der Waals surface area contributed by atoms with Gasteiger partial charge in [-0.2, -0.15) is 12.6 Å². The average molecular weight is 393 g/mol. The van der Waals surface area contributed by atoms with E-state index in [2.05, 4.69) is 33.9 Å². The Morgan fingerprint density at radius 3 is 2.08 bits per heavy atom. The van der Waals surface area contributed by atoms with E-state index in [0.717, 1.165) is 0 Å². The molecule has 0 aromatic rings. The molecule has 0 saturated heterocycles. The summed E-state index contributed by atoms with van der Waals surface area (Å²) in [6.07, 6.45) is 0. The van der Waals surface area contributed by atoms with Crippen LogP contribution in [-0.2, 0) is 24.0 Å². The van der Waals surface area contributed by atoms with Crippen LogP contribution < -0.4 is 27.0 Å². The third-order valence-corrected chi connectivity index (χ3v) is 3.34. The molecule has 26 heavy (non-hydrogen) atoms. The minimum absolute atomic E-state index is 0.116. The highest BCUT2D eigenvalue weighted by atomic mass is 32.1. The van der Waals surface area contributed by atoms with Crippen molar-refractivity contribution in [1.82, 2.24) is 21.3 Å². The van der Waals surface area contributed by atoms with Gasteiger partial charge in [-0.05, 0) is 6.92 Å². The van der Waals surface area contributed by atoms with Crippen LogP contribution in [0.3, 0.4) is 0 Å². The first-order valence-corrected chi connectivity index (χ1v) is 8.09. The second-order valence-electron chi connectivity index (χ2n) is 5.15. The van der Waals surface area contributed by atoms with Crippen LogP contribution in [-0.4, -0.2) is 83.4 Å². The number of carbonyl (C=O) groups excluding carboxylic acids is 4. The normalized spacial score (nSPS) is 13.7. The van der Waals surface area contributed by atoms with Gasteiger partial charge in [0.25, 0.3) is 0 Å². The molecule has 0 spiro atoms. The number of amides is 4. The first-order valence-electron chi connectivity index (χ1n) is 7.46. The van der Waals surface area contributed by atoms with Gasteiger partial charge in [0.1, 0.15) is 18.1 Å². The highest BCUT2D eigenvalue weighted by molar-refractivity contribution is 7.80. The Hall–Kier alpha value is -2.38. The molecule has 0 radical (unpaired) electrons. The summed E-state index contributed by atoms with van der Waals surface area (Å²) in [6, 6.07) is -3.35. The Bertz CT molecular complexity index is 545. The van der Waals surface area contributed by atoms with Crippen LogP contribution in [0.1, 0.15) is 6.92 Å². The van der Waals surface area contributed by atoms with Crippen molar-refractivity contribution in [1.29, 1.82) is 0 Å². The molecule has 0 aliphatic heterocycles. The van der Waals surface area contributed by atoms with E-state index >= 15 is 0 Å². The van der Waals surface area contributed by atoms with Gasteiger partial charge in [0.05, 0.1) is 19.7 Å². The maximum Gasteiger partial charge on any atom is 0.327 e. The summed E-state index contributed by atoms with van der Waals surface area (Å²) in [5, 5.41) is 26.3. The third-order valence-electron chi connectivity index (χ3n) is 2.97. The molecular formula is C13H23N5O7S. The number of aliphatic hydroxyl groups is 1. The minimum Gasteiger partial charge on any atom is -0.480 e. The Morgan fingerprint density at radius 2 is 1.58 bits per heavy atom. The van der Waals surface area contributed by atoms with Gasteiger partial charge in [-0.15, -0.1) is 0 Å². The van der Waals surface area contributed by atoms with E-state index in [1.54, 1.807) is 0 Å². The molecular weight excluding hydrogens is 370 g/mol. The lowest BCUT2D eigenvalue weighted by Gasteiger charge is -2.16. The SMILES string of the molecule is C[C@H](NC(=O)[C@@H](N)CO)C(=O)NCC(=O)NCC(=O)N[C@@H](CS)C(=O)O. The first kappa shape index (κ1) is 23.6. The summed E-state index contributed by atoms with van der Waals surface area (Å²) in [4.78, 5) is 56.9. The predicted octanol–water partition coefficient (Wildman–Crippen LogP) is -4.46. The lowest BCUT2D eigenvalue weighted by molar-refractivity contribution is -0.141. The number of rotatable bonds is 11. The first-order chi connectivity index (χ1) is 12.1. The Morgan fingerprint density at radius 1 is 1.00 bits per heavy atom. The highest BCUT2D eigenvalue weighted by Crippen LogP contribution is 1.88. The van der Waals surface area contributed by atoms with Crippen molar-refractivity contribution in [3.63, 3.8) is 0 Å². The van der Waals surface area contributed by atoms with Crippen LogP contribution in [0.2, 0.25) is 0 Å². The number of carboxylic acids is 1. The van der Waals surface area contributed by atoms with E-state index in [9.17, 15) is 24.0 Å². The number of thiol groups is 1. The molecule has 0 aliphatic carbocycles. The van der Waals surface area contributed by atoms with Gasteiger partial charge in [0, 0.05) is 5.75 Å². The number of aliphatic hydroxyl groups excluding tert-OH is 1. The Kier molecular flexibility index (Phi) is 10.9. The molecule has 0 bridgehead atoms. The van der Waals surface area contributed by atoms with Gasteiger partial charge in [-0.1, -0.05) is 0 Å². The number of hydrogen-bond acceptors (Lipinski definition) is 8. The smallest absolute Gasteiger partial charge is 0.327 e. The quantitative estimate of drug-likeness (QED) is 0.161. The predicted molar refractivity (Wildman–Crippen MR) is 92.1 cm³/mol. The second-order valence-corrected chi connectivity index (χ2v) is 5.52. The molecule has 12 nitrogen and oxygen atoms in total. The van der Waals surface area contributed by atoms with E-state index in [0.29, 0.717) is 0 Å². The monoisotopic (exact) mass is 393 g/mol.